The quantitative estimate of drug-likeness (QED) is 0.457. The third-order valence-electron chi connectivity index (χ3n) is 5.67. The highest BCUT2D eigenvalue weighted by Gasteiger charge is 2.33. The molecule has 1 unspecified atom stereocenters. The van der Waals surface area contributed by atoms with Crippen LogP contribution in [0.15, 0.2) is 66.7 Å². The molecular formula is C25H28FOP. The molecule has 1 N–H and O–H groups in total. The number of aryl methyl sites for hydroxylation is 1. The lowest BCUT2D eigenvalue weighted by atomic mass is 9.89. The van der Waals surface area contributed by atoms with Crippen molar-refractivity contribution in [3.63, 3.8) is 0 Å². The van der Waals surface area contributed by atoms with Gasteiger partial charge in [-0.1, -0.05) is 83.1 Å². The minimum absolute atomic E-state index is 0.149. The van der Waals surface area contributed by atoms with E-state index in [0.29, 0.717) is 12.2 Å². The van der Waals surface area contributed by atoms with Gasteiger partial charge in [-0.2, -0.15) is 0 Å². The molecule has 3 aromatic carbocycles. The summed E-state index contributed by atoms with van der Waals surface area (Å²) in [6, 6.07) is 21.5. The summed E-state index contributed by atoms with van der Waals surface area (Å²) in [4.78, 5) is 0. The van der Waals surface area contributed by atoms with Crippen LogP contribution in [0.5, 0.6) is 5.75 Å². The van der Waals surface area contributed by atoms with E-state index in [1.165, 1.54) is 11.6 Å². The maximum atomic E-state index is 14.6. The highest BCUT2D eigenvalue weighted by molar-refractivity contribution is 7.48. The Balaban J connectivity index is 2.03. The highest BCUT2D eigenvalue weighted by Crippen LogP contribution is 2.51. The van der Waals surface area contributed by atoms with E-state index < -0.39 is 0 Å². The Morgan fingerprint density at radius 2 is 1.57 bits per heavy atom. The summed E-state index contributed by atoms with van der Waals surface area (Å²) in [6.07, 6.45) is 2.38. The van der Waals surface area contributed by atoms with Gasteiger partial charge in [0.05, 0.1) is 0 Å². The first-order valence-corrected chi connectivity index (χ1v) is 10.9. The Labute approximate surface area is 169 Å². The summed E-state index contributed by atoms with van der Waals surface area (Å²) >= 11 is 0. The van der Waals surface area contributed by atoms with Gasteiger partial charge in [0, 0.05) is 22.4 Å². The van der Waals surface area contributed by atoms with E-state index in [1.54, 1.807) is 6.07 Å². The largest absolute Gasteiger partial charge is 0.507 e. The van der Waals surface area contributed by atoms with Crippen molar-refractivity contribution >= 4 is 13.9 Å². The second-order valence-corrected chi connectivity index (χ2v) is 9.03. The molecule has 0 amide bonds. The van der Waals surface area contributed by atoms with Gasteiger partial charge in [-0.15, -0.1) is 0 Å². The summed E-state index contributed by atoms with van der Waals surface area (Å²) in [5.74, 6) is 0.209. The Kier molecular flexibility index (Phi) is 6.52. The molecule has 1 atom stereocenters. The van der Waals surface area contributed by atoms with Gasteiger partial charge in [-0.05, 0) is 42.5 Å². The Morgan fingerprint density at radius 1 is 0.893 bits per heavy atom. The normalized spacial score (nSPS) is 12.0. The van der Waals surface area contributed by atoms with E-state index in [0.717, 1.165) is 34.8 Å². The SMILES string of the molecule is CCC(CC)(Pc1c(C)cccc1F)c1cccc(Cc2ccccc2)c1O. The number of aromatic hydroxyl groups is 1. The predicted octanol–water partition coefficient (Wildman–Crippen LogP) is 6.45. The highest BCUT2D eigenvalue weighted by atomic mass is 31.1. The molecule has 28 heavy (non-hydrogen) atoms. The molecule has 0 aliphatic carbocycles. The molecule has 0 saturated carbocycles. The summed E-state index contributed by atoms with van der Waals surface area (Å²) < 4.78 is 14.6. The number of phenolic OH excluding ortho intramolecular Hbond substituents is 1. The topological polar surface area (TPSA) is 20.2 Å². The van der Waals surface area contributed by atoms with Gasteiger partial charge in [-0.25, -0.2) is 4.39 Å². The van der Waals surface area contributed by atoms with Crippen LogP contribution in [0.4, 0.5) is 4.39 Å². The Morgan fingerprint density at radius 3 is 2.21 bits per heavy atom. The zero-order valence-electron chi connectivity index (χ0n) is 16.8. The molecule has 146 valence electrons. The average molecular weight is 394 g/mol. The van der Waals surface area contributed by atoms with Crippen molar-refractivity contribution in [3.05, 3.63) is 94.8 Å². The monoisotopic (exact) mass is 394 g/mol. The molecule has 3 rings (SSSR count). The number of hydrogen-bond donors (Lipinski definition) is 1. The smallest absolute Gasteiger partial charge is 0.130 e. The maximum Gasteiger partial charge on any atom is 0.130 e. The molecule has 3 aromatic rings. The summed E-state index contributed by atoms with van der Waals surface area (Å²) in [7, 11) is 0.267. The molecule has 0 aliphatic rings. The van der Waals surface area contributed by atoms with E-state index >= 15 is 0 Å². The van der Waals surface area contributed by atoms with Crippen molar-refractivity contribution in [3.8, 4) is 5.75 Å². The molecule has 0 aromatic heterocycles. The molecule has 0 aliphatic heterocycles. The fourth-order valence-electron chi connectivity index (χ4n) is 3.84. The fraction of sp³-hybridized carbons (Fsp3) is 0.280. The lowest BCUT2D eigenvalue weighted by Gasteiger charge is -2.34. The first kappa shape index (κ1) is 20.6. The van der Waals surface area contributed by atoms with Gasteiger partial charge in [0.1, 0.15) is 11.6 Å². The maximum absolute atomic E-state index is 14.6. The number of hydrogen-bond acceptors (Lipinski definition) is 1. The lowest BCUT2D eigenvalue weighted by Crippen LogP contribution is -2.24. The van der Waals surface area contributed by atoms with Crippen LogP contribution in [0, 0.1) is 12.7 Å². The Bertz CT molecular complexity index is 912. The van der Waals surface area contributed by atoms with Crippen molar-refractivity contribution in [2.45, 2.75) is 45.2 Å². The van der Waals surface area contributed by atoms with Gasteiger partial charge in [0.2, 0.25) is 0 Å². The Hall–Kier alpha value is -2.18. The van der Waals surface area contributed by atoms with Crippen LogP contribution in [0.3, 0.4) is 0 Å². The number of rotatable bonds is 7. The van der Waals surface area contributed by atoms with Gasteiger partial charge in [0.15, 0.2) is 0 Å². The van der Waals surface area contributed by atoms with Crippen molar-refractivity contribution < 1.29 is 9.50 Å². The molecule has 0 bridgehead atoms. The number of benzene rings is 3. The number of halogens is 1. The van der Waals surface area contributed by atoms with E-state index in [2.05, 4.69) is 26.0 Å². The van der Waals surface area contributed by atoms with E-state index in [-0.39, 0.29) is 19.6 Å². The van der Waals surface area contributed by atoms with Crippen molar-refractivity contribution in [1.82, 2.24) is 0 Å². The second-order valence-electron chi connectivity index (χ2n) is 7.32. The van der Waals surface area contributed by atoms with Crippen LogP contribution in [-0.2, 0) is 11.6 Å². The van der Waals surface area contributed by atoms with E-state index in [1.807, 2.05) is 49.4 Å². The second kappa shape index (κ2) is 8.88. The average Bonchev–Trinajstić information content (AvgIpc) is 2.71. The fourth-order valence-corrected chi connectivity index (χ4v) is 5.49. The first-order chi connectivity index (χ1) is 13.5. The molecule has 0 spiro atoms. The van der Waals surface area contributed by atoms with Crippen LogP contribution >= 0.6 is 8.58 Å². The summed E-state index contributed by atoms with van der Waals surface area (Å²) in [6.45, 7) is 6.24. The molecule has 1 nitrogen and oxygen atoms in total. The number of para-hydroxylation sites is 1. The van der Waals surface area contributed by atoms with Gasteiger partial charge < -0.3 is 5.11 Å². The van der Waals surface area contributed by atoms with E-state index in [9.17, 15) is 9.50 Å². The van der Waals surface area contributed by atoms with Crippen molar-refractivity contribution in [1.29, 1.82) is 0 Å². The van der Waals surface area contributed by atoms with Crippen molar-refractivity contribution in [2.24, 2.45) is 0 Å². The lowest BCUT2D eigenvalue weighted by molar-refractivity contribution is 0.443. The van der Waals surface area contributed by atoms with Gasteiger partial charge in [-0.3, -0.25) is 0 Å². The predicted molar refractivity (Wildman–Crippen MR) is 119 cm³/mol. The minimum atomic E-state index is -0.274. The van der Waals surface area contributed by atoms with Crippen LogP contribution < -0.4 is 5.30 Å². The standard InChI is InChI=1S/C25H28FOP/c1-4-25(5-2,28-24-18(3)11-9-16-22(24)26)21-15-10-14-20(23(21)27)17-19-12-7-6-8-13-19/h6-16,27-28H,4-5,17H2,1-3H3. The van der Waals surface area contributed by atoms with Crippen LogP contribution in [-0.4, -0.2) is 5.11 Å². The molecule has 3 heteroatoms. The molecule has 0 radical (unpaired) electrons. The number of phenols is 1. The molecular weight excluding hydrogens is 366 g/mol. The zero-order chi connectivity index (χ0) is 20.1. The third kappa shape index (κ3) is 4.13. The molecule has 0 saturated heterocycles. The van der Waals surface area contributed by atoms with Gasteiger partial charge in [0.25, 0.3) is 0 Å². The zero-order valence-corrected chi connectivity index (χ0v) is 17.8. The van der Waals surface area contributed by atoms with E-state index in [4.69, 9.17) is 0 Å². The minimum Gasteiger partial charge on any atom is -0.507 e. The van der Waals surface area contributed by atoms with Crippen LogP contribution in [0.1, 0.15) is 48.9 Å². The van der Waals surface area contributed by atoms with Gasteiger partial charge >= 0.3 is 0 Å². The summed E-state index contributed by atoms with van der Waals surface area (Å²) in [5.41, 5.74) is 4.00. The van der Waals surface area contributed by atoms with Crippen LogP contribution in [0.25, 0.3) is 0 Å². The van der Waals surface area contributed by atoms with Crippen LogP contribution in [0.2, 0.25) is 0 Å². The molecule has 0 fully saturated rings. The van der Waals surface area contributed by atoms with Crippen molar-refractivity contribution in [2.75, 3.05) is 0 Å². The summed E-state index contributed by atoms with van der Waals surface area (Å²) in [5, 5.41) is 11.7. The molecule has 0 heterocycles. The third-order valence-corrected chi connectivity index (χ3v) is 8.00. The first-order valence-electron chi connectivity index (χ1n) is 9.89.